The molecule has 3 rings (SSSR count). The molecular formula is C17H19NO2. The maximum atomic E-state index is 5.84. The quantitative estimate of drug-likeness (QED) is 0.741. The molecule has 3 heteroatoms. The van der Waals surface area contributed by atoms with E-state index in [2.05, 4.69) is 36.4 Å². The summed E-state index contributed by atoms with van der Waals surface area (Å²) in [4.78, 5) is 0. The van der Waals surface area contributed by atoms with Crippen LogP contribution in [0.2, 0.25) is 0 Å². The molecule has 0 radical (unpaired) electrons. The lowest BCUT2D eigenvalue weighted by molar-refractivity contribution is -0.207. The third-order valence-corrected chi connectivity index (χ3v) is 4.16. The van der Waals surface area contributed by atoms with Crippen molar-refractivity contribution in [2.24, 2.45) is 5.73 Å². The first-order valence-corrected chi connectivity index (χ1v) is 6.76. The second-order valence-corrected chi connectivity index (χ2v) is 5.07. The average molecular weight is 269 g/mol. The van der Waals surface area contributed by atoms with Gasteiger partial charge in [-0.2, -0.15) is 0 Å². The summed E-state index contributed by atoms with van der Waals surface area (Å²) < 4.78 is 11.0. The van der Waals surface area contributed by atoms with Crippen molar-refractivity contribution in [3.63, 3.8) is 0 Å². The van der Waals surface area contributed by atoms with Crippen LogP contribution in [0.3, 0.4) is 0 Å². The van der Waals surface area contributed by atoms with Crippen LogP contribution in [-0.2, 0) is 21.7 Å². The highest BCUT2D eigenvalue weighted by molar-refractivity contribution is 5.77. The number of hydrogen-bond acceptors (Lipinski definition) is 3. The van der Waals surface area contributed by atoms with E-state index in [1.165, 1.54) is 22.3 Å². The number of benzene rings is 2. The lowest BCUT2D eigenvalue weighted by Gasteiger charge is -2.30. The van der Waals surface area contributed by atoms with Crippen LogP contribution in [-0.4, -0.2) is 20.8 Å². The van der Waals surface area contributed by atoms with E-state index in [1.54, 1.807) is 14.2 Å². The largest absolute Gasteiger partial charge is 0.348 e. The molecule has 20 heavy (non-hydrogen) atoms. The van der Waals surface area contributed by atoms with Gasteiger partial charge in [0.25, 0.3) is 0 Å². The summed E-state index contributed by atoms with van der Waals surface area (Å²) in [6.07, 6.45) is 0.952. The minimum atomic E-state index is -0.857. The first-order chi connectivity index (χ1) is 9.74. The zero-order valence-electron chi connectivity index (χ0n) is 11.8. The molecule has 1 aliphatic carbocycles. The standard InChI is InChI=1S/C17H19NO2/c1-19-17(11-18,20-2)14-7-8-16-13(10-14)9-12-5-3-4-6-15(12)16/h3-8,10H,9,11,18H2,1-2H3. The van der Waals surface area contributed by atoms with E-state index in [-0.39, 0.29) is 6.54 Å². The molecule has 0 spiro atoms. The number of hydrogen-bond donors (Lipinski definition) is 1. The van der Waals surface area contributed by atoms with Crippen molar-refractivity contribution in [3.05, 3.63) is 59.2 Å². The van der Waals surface area contributed by atoms with E-state index < -0.39 is 5.79 Å². The van der Waals surface area contributed by atoms with Crippen LogP contribution in [0.25, 0.3) is 11.1 Å². The molecule has 0 aromatic heterocycles. The van der Waals surface area contributed by atoms with E-state index in [0.29, 0.717) is 0 Å². The Morgan fingerprint density at radius 1 is 1.00 bits per heavy atom. The second-order valence-electron chi connectivity index (χ2n) is 5.07. The monoisotopic (exact) mass is 269 g/mol. The number of methoxy groups -OCH3 is 2. The van der Waals surface area contributed by atoms with Crippen LogP contribution < -0.4 is 5.73 Å². The summed E-state index contributed by atoms with van der Waals surface area (Å²) in [6, 6.07) is 14.8. The molecular weight excluding hydrogens is 250 g/mol. The number of nitrogens with two attached hydrogens (primary N) is 1. The van der Waals surface area contributed by atoms with Crippen molar-refractivity contribution < 1.29 is 9.47 Å². The van der Waals surface area contributed by atoms with Gasteiger partial charge in [0.2, 0.25) is 5.79 Å². The molecule has 0 bridgehead atoms. The molecule has 2 aromatic carbocycles. The highest BCUT2D eigenvalue weighted by Crippen LogP contribution is 2.38. The topological polar surface area (TPSA) is 44.5 Å². The predicted octanol–water partition coefficient (Wildman–Crippen LogP) is 2.66. The molecule has 0 saturated carbocycles. The Kier molecular flexibility index (Phi) is 3.34. The predicted molar refractivity (Wildman–Crippen MR) is 79.4 cm³/mol. The van der Waals surface area contributed by atoms with Gasteiger partial charge in [0.05, 0.1) is 6.54 Å². The fraction of sp³-hybridized carbons (Fsp3) is 0.294. The molecule has 0 atom stereocenters. The highest BCUT2D eigenvalue weighted by atomic mass is 16.7. The van der Waals surface area contributed by atoms with Crippen LogP contribution in [0.4, 0.5) is 0 Å². The molecule has 0 saturated heterocycles. The van der Waals surface area contributed by atoms with Gasteiger partial charge in [-0.3, -0.25) is 0 Å². The number of rotatable bonds is 4. The number of fused-ring (bicyclic) bond motifs is 3. The molecule has 2 aromatic rings. The molecule has 104 valence electrons. The first-order valence-electron chi connectivity index (χ1n) is 6.76. The molecule has 0 fully saturated rings. The van der Waals surface area contributed by atoms with Gasteiger partial charge in [-0.15, -0.1) is 0 Å². The maximum Gasteiger partial charge on any atom is 0.207 e. The Labute approximate surface area is 119 Å². The highest BCUT2D eigenvalue weighted by Gasteiger charge is 2.32. The van der Waals surface area contributed by atoms with Gasteiger partial charge in [0.1, 0.15) is 0 Å². The van der Waals surface area contributed by atoms with Gasteiger partial charge in [-0.25, -0.2) is 0 Å². The van der Waals surface area contributed by atoms with Crippen LogP contribution in [0.5, 0.6) is 0 Å². The van der Waals surface area contributed by atoms with E-state index in [4.69, 9.17) is 15.2 Å². The Morgan fingerprint density at radius 2 is 1.70 bits per heavy atom. The third kappa shape index (κ3) is 1.86. The minimum absolute atomic E-state index is 0.283. The first kappa shape index (κ1) is 13.3. The van der Waals surface area contributed by atoms with Gasteiger partial charge in [0.15, 0.2) is 0 Å². The van der Waals surface area contributed by atoms with Gasteiger partial charge < -0.3 is 15.2 Å². The van der Waals surface area contributed by atoms with Crippen LogP contribution in [0.15, 0.2) is 42.5 Å². The van der Waals surface area contributed by atoms with Crippen LogP contribution in [0, 0.1) is 0 Å². The van der Waals surface area contributed by atoms with Crippen molar-refractivity contribution >= 4 is 0 Å². The van der Waals surface area contributed by atoms with Crippen molar-refractivity contribution in [2.75, 3.05) is 20.8 Å². The average Bonchev–Trinajstić information content (AvgIpc) is 2.87. The Balaban J connectivity index is 2.07. The van der Waals surface area contributed by atoms with Crippen LogP contribution >= 0.6 is 0 Å². The molecule has 2 N–H and O–H groups in total. The van der Waals surface area contributed by atoms with Gasteiger partial charge in [0, 0.05) is 19.8 Å². The third-order valence-electron chi connectivity index (χ3n) is 4.16. The van der Waals surface area contributed by atoms with E-state index in [9.17, 15) is 0 Å². The zero-order valence-corrected chi connectivity index (χ0v) is 11.8. The van der Waals surface area contributed by atoms with Gasteiger partial charge >= 0.3 is 0 Å². The molecule has 1 aliphatic rings. The molecule has 0 aliphatic heterocycles. The fourth-order valence-corrected chi connectivity index (χ4v) is 2.99. The second kappa shape index (κ2) is 5.02. The Morgan fingerprint density at radius 3 is 2.40 bits per heavy atom. The van der Waals surface area contributed by atoms with Crippen molar-refractivity contribution in [1.82, 2.24) is 0 Å². The van der Waals surface area contributed by atoms with Crippen molar-refractivity contribution in [2.45, 2.75) is 12.2 Å². The zero-order chi connectivity index (χ0) is 14.2. The smallest absolute Gasteiger partial charge is 0.207 e. The summed E-state index contributed by atoms with van der Waals surface area (Å²) in [5, 5.41) is 0. The fourth-order valence-electron chi connectivity index (χ4n) is 2.99. The number of ether oxygens (including phenoxy) is 2. The SMILES string of the molecule is COC(CN)(OC)c1ccc2c(c1)Cc1ccccc1-2. The van der Waals surface area contributed by atoms with E-state index >= 15 is 0 Å². The van der Waals surface area contributed by atoms with Gasteiger partial charge in [-0.05, 0) is 34.7 Å². The Bertz CT molecular complexity index is 624. The summed E-state index contributed by atoms with van der Waals surface area (Å²) in [7, 11) is 3.25. The summed E-state index contributed by atoms with van der Waals surface area (Å²) in [5.74, 6) is -0.857. The summed E-state index contributed by atoms with van der Waals surface area (Å²) in [5.41, 5.74) is 12.1. The molecule has 0 amide bonds. The maximum absolute atomic E-state index is 5.84. The van der Waals surface area contributed by atoms with E-state index in [1.807, 2.05) is 6.07 Å². The summed E-state index contributed by atoms with van der Waals surface area (Å²) >= 11 is 0. The molecule has 3 nitrogen and oxygen atoms in total. The molecule has 0 heterocycles. The van der Waals surface area contributed by atoms with Crippen molar-refractivity contribution in [1.29, 1.82) is 0 Å². The van der Waals surface area contributed by atoms with E-state index in [0.717, 1.165) is 12.0 Å². The Hall–Kier alpha value is -1.68. The summed E-state index contributed by atoms with van der Waals surface area (Å²) in [6.45, 7) is 0.283. The van der Waals surface area contributed by atoms with Crippen LogP contribution in [0.1, 0.15) is 16.7 Å². The minimum Gasteiger partial charge on any atom is -0.348 e. The molecule has 0 unspecified atom stereocenters. The van der Waals surface area contributed by atoms with Gasteiger partial charge in [-0.1, -0.05) is 36.4 Å². The lowest BCUT2D eigenvalue weighted by atomic mass is 9.98. The lowest BCUT2D eigenvalue weighted by Crippen LogP contribution is -2.39. The van der Waals surface area contributed by atoms with Crippen molar-refractivity contribution in [3.8, 4) is 11.1 Å². The normalized spacial score (nSPS) is 13.2.